The van der Waals surface area contributed by atoms with E-state index in [0.29, 0.717) is 51.6 Å². The summed E-state index contributed by atoms with van der Waals surface area (Å²) in [7, 11) is 1.95. The van der Waals surface area contributed by atoms with Crippen LogP contribution in [0.15, 0.2) is 29.3 Å². The number of likely N-dealkylation sites (tertiary alicyclic amines) is 1. The van der Waals surface area contributed by atoms with E-state index in [0.717, 1.165) is 51.5 Å². The van der Waals surface area contributed by atoms with Gasteiger partial charge in [-0.15, -0.1) is 0 Å². The van der Waals surface area contributed by atoms with Gasteiger partial charge in [-0.05, 0) is 103 Å². The van der Waals surface area contributed by atoms with E-state index in [1.54, 1.807) is 25.3 Å². The van der Waals surface area contributed by atoms with Crippen LogP contribution in [0.25, 0.3) is 0 Å². The molecule has 1 aromatic carbocycles. The summed E-state index contributed by atoms with van der Waals surface area (Å²) in [6.45, 7) is 20.9. The zero-order valence-electron chi connectivity index (χ0n) is 44.4. The number of hydrogen-bond acceptors (Lipinski definition) is 13. The van der Waals surface area contributed by atoms with Crippen LogP contribution in [-0.2, 0) is 44.5 Å². The molecular weight excluding hydrogens is 934 g/mol. The van der Waals surface area contributed by atoms with Crippen molar-refractivity contribution in [3.63, 3.8) is 0 Å². The lowest BCUT2D eigenvalue weighted by atomic mass is 9.84. The minimum Gasteiger partial charge on any atom is -0.481 e. The summed E-state index contributed by atoms with van der Waals surface area (Å²) in [6, 6.07) is 2.03. The summed E-state index contributed by atoms with van der Waals surface area (Å²) in [6.07, 6.45) is 5.62. The van der Waals surface area contributed by atoms with Crippen LogP contribution in [0, 0.1) is 23.1 Å². The van der Waals surface area contributed by atoms with Crippen molar-refractivity contribution in [1.29, 1.82) is 0 Å². The van der Waals surface area contributed by atoms with Crippen LogP contribution >= 0.6 is 11.8 Å². The van der Waals surface area contributed by atoms with Crippen molar-refractivity contribution in [3.05, 3.63) is 40.7 Å². The highest BCUT2D eigenvalue weighted by Gasteiger charge is 2.46. The third kappa shape index (κ3) is 20.0. The van der Waals surface area contributed by atoms with Crippen molar-refractivity contribution in [2.75, 3.05) is 72.1 Å². The highest BCUT2D eigenvalue weighted by Crippen LogP contribution is 2.39. The van der Waals surface area contributed by atoms with Crippen LogP contribution in [0.3, 0.4) is 0 Å². The Morgan fingerprint density at radius 2 is 1.69 bits per heavy atom. The molecule has 17 nitrogen and oxygen atoms in total. The average Bonchev–Trinajstić information content (AvgIpc) is 3.74. The molecule has 1 unspecified atom stereocenters. The number of carboxylic acid groups (broad SMARTS) is 1. The molecule has 0 radical (unpaired) electrons. The van der Waals surface area contributed by atoms with Crippen LogP contribution in [0.4, 0.5) is 14.9 Å². The molecule has 0 aromatic heterocycles. The first-order valence-electron chi connectivity index (χ1n) is 25.9. The van der Waals surface area contributed by atoms with Gasteiger partial charge in [-0.1, -0.05) is 84.6 Å². The van der Waals surface area contributed by atoms with Gasteiger partial charge in [-0.3, -0.25) is 24.1 Å². The standard InChI is InChI=1S/C52H88FN7O10S/c1-11-14-15-17-24-60(48(63)45(36(6)12-2)57-47(62)42-19-16-18-23-59(42)10)43(35(4)5)32-44(70-50(66)55-22-25-68-28-29-69-27-26-67-13-3)52(9)58-41(34-71-52)46(61)56-38(33-51(7,8)49(64)65)30-37-20-21-40(54)39(53)31-37/h20-21,31,34-36,38,42-45,58H,11-19,22-30,32-33,54H2,1-10H3,(H,55,66)(H,56,61)(H,57,62)(H,64,65)/t36-,38-,42+,43+,44+,45-,52?/m0/s1. The second-order valence-electron chi connectivity index (χ2n) is 20.3. The summed E-state index contributed by atoms with van der Waals surface area (Å²) in [5, 5.41) is 24.0. The number of unbranched alkanes of at least 4 members (excludes halogenated alkanes) is 3. The number of amides is 4. The first-order chi connectivity index (χ1) is 33.7. The molecule has 4 amide bonds. The summed E-state index contributed by atoms with van der Waals surface area (Å²) in [5.74, 6) is -2.85. The number of thioether (sulfide) groups is 1. The highest BCUT2D eigenvalue weighted by atomic mass is 32.2. The Balaban J connectivity index is 1.96. The molecule has 0 bridgehead atoms. The first-order valence-corrected chi connectivity index (χ1v) is 26.8. The number of piperidine rings is 1. The van der Waals surface area contributed by atoms with Gasteiger partial charge < -0.3 is 56.0 Å². The van der Waals surface area contributed by atoms with Crippen LogP contribution in [0.1, 0.15) is 132 Å². The summed E-state index contributed by atoms with van der Waals surface area (Å²) in [4.78, 5) is 72.3. The third-order valence-electron chi connectivity index (χ3n) is 13.6. The highest BCUT2D eigenvalue weighted by molar-refractivity contribution is 8.03. The lowest BCUT2D eigenvalue weighted by Gasteiger charge is -2.43. The quantitative estimate of drug-likeness (QED) is 0.0314. The predicted octanol–water partition coefficient (Wildman–Crippen LogP) is 6.83. The van der Waals surface area contributed by atoms with Crippen molar-refractivity contribution < 1.29 is 52.4 Å². The van der Waals surface area contributed by atoms with Crippen molar-refractivity contribution in [2.45, 2.75) is 168 Å². The minimum atomic E-state index is -1.24. The van der Waals surface area contributed by atoms with Crippen LogP contribution in [0.2, 0.25) is 0 Å². The maximum absolute atomic E-state index is 15.2. The first kappa shape index (κ1) is 61.1. The molecule has 1 saturated heterocycles. The molecule has 71 heavy (non-hydrogen) atoms. The zero-order valence-corrected chi connectivity index (χ0v) is 45.2. The van der Waals surface area contributed by atoms with Gasteiger partial charge in [0.25, 0.3) is 5.91 Å². The van der Waals surface area contributed by atoms with E-state index in [1.165, 1.54) is 23.9 Å². The molecule has 1 fully saturated rings. The predicted molar refractivity (Wildman–Crippen MR) is 277 cm³/mol. The number of benzene rings is 1. The third-order valence-corrected chi connectivity index (χ3v) is 14.8. The normalized spacial score (nSPS) is 19.4. The lowest BCUT2D eigenvalue weighted by Crippen LogP contribution is -2.60. The van der Waals surface area contributed by atoms with Crippen LogP contribution in [-0.4, -0.2) is 146 Å². The van der Waals surface area contributed by atoms with Gasteiger partial charge in [0, 0.05) is 43.6 Å². The largest absolute Gasteiger partial charge is 0.481 e. The van der Waals surface area contributed by atoms with Gasteiger partial charge in [-0.2, -0.15) is 0 Å². The molecule has 2 heterocycles. The SMILES string of the molecule is CCCCCCN(C(=O)[C@@H](NC(=O)[C@H]1CCCCN1C)[C@@H](C)CC)[C@H](C[C@@H](OC(=O)NCCOCCOCCOCC)C1(C)NC(C(=O)N[C@@H](Cc2ccc(N)c(F)c2)CC(C)(C)C(=O)O)=CS1)C(C)C. The van der Waals surface area contributed by atoms with Crippen molar-refractivity contribution in [3.8, 4) is 0 Å². The Morgan fingerprint density at radius 1 is 1.00 bits per heavy atom. The second-order valence-corrected chi connectivity index (χ2v) is 21.6. The zero-order chi connectivity index (χ0) is 52.7. The number of hydrogen-bond donors (Lipinski definition) is 6. The molecule has 1 aromatic rings. The van der Waals surface area contributed by atoms with Crippen molar-refractivity contribution in [1.82, 2.24) is 31.1 Å². The fourth-order valence-corrected chi connectivity index (χ4v) is 9.90. The van der Waals surface area contributed by atoms with Gasteiger partial charge in [0.05, 0.1) is 50.2 Å². The van der Waals surface area contributed by atoms with E-state index in [9.17, 15) is 28.7 Å². The van der Waals surface area contributed by atoms with E-state index < -0.39 is 58.3 Å². The molecule has 404 valence electrons. The van der Waals surface area contributed by atoms with Gasteiger partial charge >= 0.3 is 12.1 Å². The van der Waals surface area contributed by atoms with E-state index in [4.69, 9.17) is 24.7 Å². The maximum atomic E-state index is 15.2. The lowest BCUT2D eigenvalue weighted by molar-refractivity contribution is -0.148. The number of halogens is 1. The number of alkyl carbamates (subject to hydrolysis) is 1. The van der Waals surface area contributed by atoms with Crippen LogP contribution < -0.4 is 27.0 Å². The number of carbonyl (C=O) groups excluding carboxylic acids is 4. The number of likely N-dealkylation sites (N-methyl/N-ethyl adjacent to an activating group) is 1. The number of nitrogens with zero attached hydrogens (tertiary/aromatic N) is 2. The van der Waals surface area contributed by atoms with Crippen LogP contribution in [0.5, 0.6) is 0 Å². The van der Waals surface area contributed by atoms with E-state index in [1.807, 2.05) is 53.5 Å². The smallest absolute Gasteiger partial charge is 0.407 e. The molecule has 3 rings (SSSR count). The van der Waals surface area contributed by atoms with Gasteiger partial charge in [0.1, 0.15) is 28.5 Å². The van der Waals surface area contributed by atoms with E-state index >= 15 is 4.79 Å². The molecule has 7 atom stereocenters. The summed E-state index contributed by atoms with van der Waals surface area (Å²) in [5.41, 5.74) is 5.14. The fraction of sp³-hybridized carbons (Fsp3) is 0.750. The van der Waals surface area contributed by atoms with Crippen molar-refractivity contribution in [2.24, 2.45) is 17.3 Å². The molecule has 0 saturated carbocycles. The van der Waals surface area contributed by atoms with Gasteiger partial charge in [-0.25, -0.2) is 9.18 Å². The Kier molecular flexibility index (Phi) is 26.5. The molecule has 7 N–H and O–H groups in total. The second kappa shape index (κ2) is 30.8. The summed E-state index contributed by atoms with van der Waals surface area (Å²) >= 11 is 1.26. The number of nitrogens with two attached hydrogens (primary N) is 1. The number of nitrogen functional groups attached to an aromatic ring is 1. The molecule has 0 aliphatic carbocycles. The van der Waals surface area contributed by atoms with E-state index in [2.05, 4.69) is 33.1 Å². The Bertz CT molecular complexity index is 1880. The number of carbonyl (C=O) groups is 5. The fourth-order valence-electron chi connectivity index (χ4n) is 8.91. The molecular formula is C52H88FN7O10S. The number of rotatable bonds is 33. The number of aliphatic carboxylic acids is 1. The molecule has 2 aliphatic rings. The average molecular weight is 1020 g/mol. The monoisotopic (exact) mass is 1020 g/mol. The van der Waals surface area contributed by atoms with E-state index in [-0.39, 0.29) is 73.5 Å². The Morgan fingerprint density at radius 3 is 2.31 bits per heavy atom. The van der Waals surface area contributed by atoms with Crippen molar-refractivity contribution >= 4 is 47.2 Å². The Hall–Kier alpha value is -4.17. The molecule has 19 heteroatoms. The number of anilines is 1. The number of carboxylic acids is 1. The topological polar surface area (TPSA) is 223 Å². The molecule has 0 spiro atoms. The minimum absolute atomic E-state index is 0.0288. The van der Waals surface area contributed by atoms with Gasteiger partial charge in [0.15, 0.2) is 0 Å². The van der Waals surface area contributed by atoms with Gasteiger partial charge in [0.2, 0.25) is 11.8 Å². The maximum Gasteiger partial charge on any atom is 0.407 e. The Labute approximate surface area is 427 Å². The molecule has 2 aliphatic heterocycles. The number of nitrogens with one attached hydrogen (secondary N) is 4. The number of ether oxygens (including phenoxy) is 4. The summed E-state index contributed by atoms with van der Waals surface area (Å²) < 4.78 is 37.4.